The van der Waals surface area contributed by atoms with Gasteiger partial charge in [0.2, 0.25) is 0 Å². The van der Waals surface area contributed by atoms with Gasteiger partial charge in [0, 0.05) is 12.6 Å². The molecule has 0 amide bonds. The molecule has 1 aromatic carbocycles. The summed E-state index contributed by atoms with van der Waals surface area (Å²) in [6.07, 6.45) is 1.12. The highest BCUT2D eigenvalue weighted by Gasteiger charge is 2.26. The number of para-hydroxylation sites is 1. The van der Waals surface area contributed by atoms with E-state index in [1.165, 1.54) is 6.07 Å². The van der Waals surface area contributed by atoms with Crippen LogP contribution in [0.25, 0.3) is 0 Å². The van der Waals surface area contributed by atoms with Crippen LogP contribution in [-0.2, 0) is 0 Å². The van der Waals surface area contributed by atoms with Gasteiger partial charge in [-0.05, 0) is 25.5 Å². The van der Waals surface area contributed by atoms with Crippen molar-refractivity contribution in [1.29, 1.82) is 0 Å². The van der Waals surface area contributed by atoms with Crippen molar-refractivity contribution >= 4 is 0 Å². The first kappa shape index (κ1) is 8.51. The van der Waals surface area contributed by atoms with Crippen LogP contribution in [0.4, 0.5) is 4.39 Å². The molecule has 0 radical (unpaired) electrons. The van der Waals surface area contributed by atoms with Gasteiger partial charge in [-0.2, -0.15) is 0 Å². The highest BCUT2D eigenvalue weighted by atomic mass is 19.1. The molecule has 1 heterocycles. The maximum Gasteiger partial charge on any atom is 0.183 e. The van der Waals surface area contributed by atoms with Gasteiger partial charge in [-0.25, -0.2) is 4.39 Å². The van der Waals surface area contributed by atoms with E-state index in [2.05, 4.69) is 6.92 Å². The second-order valence-electron chi connectivity index (χ2n) is 3.30. The van der Waals surface area contributed by atoms with E-state index < -0.39 is 0 Å². The van der Waals surface area contributed by atoms with E-state index in [0.29, 0.717) is 11.8 Å². The molecular formula is C10H12FNO. The Morgan fingerprint density at radius 1 is 1.46 bits per heavy atom. The van der Waals surface area contributed by atoms with E-state index in [1.54, 1.807) is 23.3 Å². The monoisotopic (exact) mass is 181 g/mol. The van der Waals surface area contributed by atoms with Crippen LogP contribution in [0, 0.1) is 5.82 Å². The number of hydrogen-bond donors (Lipinski definition) is 0. The lowest BCUT2D eigenvalue weighted by molar-refractivity contribution is -0.148. The minimum absolute atomic E-state index is 0.304. The topological polar surface area (TPSA) is 12.5 Å². The summed E-state index contributed by atoms with van der Waals surface area (Å²) in [6.45, 7) is 2.94. The predicted octanol–water partition coefficient (Wildman–Crippen LogP) is 2.21. The Labute approximate surface area is 76.9 Å². The van der Waals surface area contributed by atoms with E-state index in [0.717, 1.165) is 13.0 Å². The zero-order valence-electron chi connectivity index (χ0n) is 7.53. The van der Waals surface area contributed by atoms with Gasteiger partial charge in [-0.15, -0.1) is 5.06 Å². The Bertz CT molecular complexity index is 303. The first-order chi connectivity index (χ1) is 6.27. The van der Waals surface area contributed by atoms with Crippen molar-refractivity contribution in [3.8, 4) is 5.75 Å². The molecule has 1 atom stereocenters. The Morgan fingerprint density at radius 3 is 2.77 bits per heavy atom. The van der Waals surface area contributed by atoms with Gasteiger partial charge in [0.25, 0.3) is 0 Å². The molecule has 3 heteroatoms. The van der Waals surface area contributed by atoms with Gasteiger partial charge < -0.3 is 4.84 Å². The summed E-state index contributed by atoms with van der Waals surface area (Å²) in [5.41, 5.74) is 0. The molecule has 1 fully saturated rings. The van der Waals surface area contributed by atoms with Gasteiger partial charge in [0.05, 0.1) is 0 Å². The summed E-state index contributed by atoms with van der Waals surface area (Å²) >= 11 is 0. The van der Waals surface area contributed by atoms with Crippen molar-refractivity contribution in [3.63, 3.8) is 0 Å². The lowest BCUT2D eigenvalue weighted by Crippen LogP contribution is -2.47. The average molecular weight is 181 g/mol. The summed E-state index contributed by atoms with van der Waals surface area (Å²) < 4.78 is 13.1. The summed E-state index contributed by atoms with van der Waals surface area (Å²) in [5, 5.41) is 1.79. The van der Waals surface area contributed by atoms with Crippen LogP contribution in [0.5, 0.6) is 5.75 Å². The molecule has 0 N–H and O–H groups in total. The molecule has 0 saturated carbocycles. The van der Waals surface area contributed by atoms with Gasteiger partial charge in [-0.1, -0.05) is 12.1 Å². The van der Waals surface area contributed by atoms with Gasteiger partial charge in [0.15, 0.2) is 11.6 Å². The highest BCUT2D eigenvalue weighted by molar-refractivity contribution is 5.23. The van der Waals surface area contributed by atoms with Crippen molar-refractivity contribution in [1.82, 2.24) is 5.06 Å². The van der Waals surface area contributed by atoms with E-state index >= 15 is 0 Å². The first-order valence-electron chi connectivity index (χ1n) is 4.46. The largest absolute Gasteiger partial charge is 0.403 e. The van der Waals surface area contributed by atoms with Crippen LogP contribution in [0.1, 0.15) is 13.3 Å². The fourth-order valence-corrected chi connectivity index (χ4v) is 1.27. The Balaban J connectivity index is 2.05. The van der Waals surface area contributed by atoms with Crippen LogP contribution in [0.2, 0.25) is 0 Å². The number of hydroxylamine groups is 2. The summed E-state index contributed by atoms with van der Waals surface area (Å²) in [5.74, 6) is 0.00986. The Morgan fingerprint density at radius 2 is 2.23 bits per heavy atom. The number of hydrogen-bond acceptors (Lipinski definition) is 2. The zero-order valence-corrected chi connectivity index (χ0v) is 7.53. The number of benzene rings is 1. The van der Waals surface area contributed by atoms with E-state index in [4.69, 9.17) is 4.84 Å². The maximum absolute atomic E-state index is 13.1. The van der Waals surface area contributed by atoms with E-state index in [-0.39, 0.29) is 5.82 Å². The molecule has 1 aliphatic rings. The molecule has 70 valence electrons. The highest BCUT2D eigenvalue weighted by Crippen LogP contribution is 2.22. The fourth-order valence-electron chi connectivity index (χ4n) is 1.27. The summed E-state index contributed by atoms with van der Waals surface area (Å²) in [7, 11) is 0. The Kier molecular flexibility index (Phi) is 2.19. The lowest BCUT2D eigenvalue weighted by atomic mass is 10.1. The molecular weight excluding hydrogens is 169 g/mol. The molecule has 13 heavy (non-hydrogen) atoms. The van der Waals surface area contributed by atoms with Crippen LogP contribution < -0.4 is 4.84 Å². The van der Waals surface area contributed by atoms with Crippen LogP contribution in [-0.4, -0.2) is 17.6 Å². The molecule has 0 bridgehead atoms. The minimum Gasteiger partial charge on any atom is -0.403 e. The summed E-state index contributed by atoms with van der Waals surface area (Å²) in [4.78, 5) is 5.35. The third kappa shape index (κ3) is 1.65. The van der Waals surface area contributed by atoms with Gasteiger partial charge in [0.1, 0.15) is 0 Å². The van der Waals surface area contributed by atoms with Crippen LogP contribution in [0.15, 0.2) is 24.3 Å². The number of halogens is 1. The van der Waals surface area contributed by atoms with Crippen molar-refractivity contribution in [3.05, 3.63) is 30.1 Å². The molecule has 1 saturated heterocycles. The minimum atomic E-state index is -0.304. The van der Waals surface area contributed by atoms with Crippen LogP contribution >= 0.6 is 0 Å². The summed E-state index contributed by atoms with van der Waals surface area (Å²) in [6, 6.07) is 6.87. The molecule has 0 aliphatic carbocycles. The molecule has 2 nitrogen and oxygen atoms in total. The Hall–Kier alpha value is -1.09. The second kappa shape index (κ2) is 3.34. The quantitative estimate of drug-likeness (QED) is 0.693. The maximum atomic E-state index is 13.1. The van der Waals surface area contributed by atoms with E-state index in [9.17, 15) is 4.39 Å². The SMILES string of the molecule is CC1CCN1Oc1ccccc1F. The average Bonchev–Trinajstić information content (AvgIpc) is 2.14. The third-order valence-electron chi connectivity index (χ3n) is 2.31. The van der Waals surface area contributed by atoms with Crippen molar-refractivity contribution < 1.29 is 9.23 Å². The fraction of sp³-hybridized carbons (Fsp3) is 0.400. The van der Waals surface area contributed by atoms with Crippen LogP contribution in [0.3, 0.4) is 0 Å². The predicted molar refractivity (Wildman–Crippen MR) is 47.8 cm³/mol. The zero-order chi connectivity index (χ0) is 9.26. The third-order valence-corrected chi connectivity index (χ3v) is 2.31. The molecule has 1 aromatic rings. The molecule has 2 rings (SSSR count). The van der Waals surface area contributed by atoms with Crippen molar-refractivity contribution in [2.75, 3.05) is 6.54 Å². The van der Waals surface area contributed by atoms with Gasteiger partial charge in [-0.3, -0.25) is 0 Å². The van der Waals surface area contributed by atoms with Gasteiger partial charge >= 0.3 is 0 Å². The molecule has 1 unspecified atom stereocenters. The normalized spacial score (nSPS) is 22.5. The number of nitrogens with zero attached hydrogens (tertiary/aromatic N) is 1. The van der Waals surface area contributed by atoms with E-state index in [1.807, 2.05) is 0 Å². The lowest BCUT2D eigenvalue weighted by Gasteiger charge is -2.36. The number of rotatable bonds is 2. The molecule has 0 aromatic heterocycles. The standard InChI is InChI=1S/C10H12FNO/c1-8-6-7-12(8)13-10-5-3-2-4-9(10)11/h2-5,8H,6-7H2,1H3. The van der Waals surface area contributed by atoms with Crippen molar-refractivity contribution in [2.45, 2.75) is 19.4 Å². The molecule has 0 spiro atoms. The first-order valence-corrected chi connectivity index (χ1v) is 4.46. The molecule has 1 aliphatic heterocycles. The smallest absolute Gasteiger partial charge is 0.183 e. The second-order valence-corrected chi connectivity index (χ2v) is 3.30. The van der Waals surface area contributed by atoms with Crippen molar-refractivity contribution in [2.24, 2.45) is 0 Å².